The van der Waals surface area contributed by atoms with Gasteiger partial charge in [0.05, 0.1) is 17.8 Å². The van der Waals surface area contributed by atoms with E-state index in [2.05, 4.69) is 27.1 Å². The predicted octanol–water partition coefficient (Wildman–Crippen LogP) is 2.09. The first kappa shape index (κ1) is 19.7. The molecular weight excluding hydrogens is 404 g/mol. The van der Waals surface area contributed by atoms with Crippen LogP contribution in [0.4, 0.5) is 0 Å². The molecular formula is C24H28N6O2. The van der Waals surface area contributed by atoms with E-state index in [0.717, 1.165) is 56.7 Å². The Balaban J connectivity index is 1.19. The first-order chi connectivity index (χ1) is 15.7. The number of nitrogens with one attached hydrogen (secondary N) is 1. The minimum Gasteiger partial charge on any atom is -0.337 e. The monoisotopic (exact) mass is 432 g/mol. The first-order valence-electron chi connectivity index (χ1n) is 11.7. The highest BCUT2D eigenvalue weighted by atomic mass is 16.2. The fourth-order valence-corrected chi connectivity index (χ4v) is 5.13. The highest BCUT2D eigenvalue weighted by molar-refractivity contribution is 5.81. The van der Waals surface area contributed by atoms with Crippen molar-refractivity contribution in [1.29, 1.82) is 0 Å². The van der Waals surface area contributed by atoms with E-state index in [1.807, 2.05) is 23.4 Å². The molecule has 6 rings (SSSR count). The van der Waals surface area contributed by atoms with E-state index in [1.54, 1.807) is 4.52 Å². The summed E-state index contributed by atoms with van der Waals surface area (Å²) < 4.78 is 1.59. The SMILES string of the molecule is O=C(C1CC1)N1CCc2nc3cc(C4CCN(Cc5ccncc5)CC4)[nH]n3c(=O)c2C1. The number of carbonyl (C=O) groups excluding carboxylic acids is 1. The Bertz CT molecular complexity index is 1200. The molecule has 32 heavy (non-hydrogen) atoms. The number of hydrogen-bond acceptors (Lipinski definition) is 5. The van der Waals surface area contributed by atoms with Gasteiger partial charge in [-0.3, -0.25) is 24.6 Å². The number of carbonyl (C=O) groups is 1. The Labute approximate surface area is 186 Å². The summed E-state index contributed by atoms with van der Waals surface area (Å²) in [5.74, 6) is 0.776. The predicted molar refractivity (Wildman–Crippen MR) is 119 cm³/mol. The summed E-state index contributed by atoms with van der Waals surface area (Å²) in [7, 11) is 0. The highest BCUT2D eigenvalue weighted by Crippen LogP contribution is 2.32. The summed E-state index contributed by atoms with van der Waals surface area (Å²) >= 11 is 0. The van der Waals surface area contributed by atoms with E-state index >= 15 is 0 Å². The number of aromatic amines is 1. The molecule has 0 radical (unpaired) electrons. The average molecular weight is 433 g/mol. The molecule has 2 aliphatic heterocycles. The molecule has 1 saturated heterocycles. The third-order valence-electron chi connectivity index (χ3n) is 7.20. The molecule has 0 bridgehead atoms. The van der Waals surface area contributed by atoms with E-state index in [-0.39, 0.29) is 17.4 Å². The van der Waals surface area contributed by atoms with Crippen molar-refractivity contribution in [2.45, 2.75) is 51.1 Å². The van der Waals surface area contributed by atoms with Gasteiger partial charge >= 0.3 is 0 Å². The number of fused-ring (bicyclic) bond motifs is 2. The van der Waals surface area contributed by atoms with Crippen LogP contribution in [-0.4, -0.2) is 54.9 Å². The van der Waals surface area contributed by atoms with Gasteiger partial charge in [-0.15, -0.1) is 0 Å². The molecule has 0 spiro atoms. The van der Waals surface area contributed by atoms with E-state index in [9.17, 15) is 9.59 Å². The number of amides is 1. The molecule has 5 heterocycles. The molecule has 166 valence electrons. The molecule has 0 unspecified atom stereocenters. The first-order valence-corrected chi connectivity index (χ1v) is 11.7. The minimum absolute atomic E-state index is 0.0559. The van der Waals surface area contributed by atoms with Gasteiger partial charge in [-0.25, -0.2) is 9.50 Å². The molecule has 2 fully saturated rings. The number of hydrogen-bond donors (Lipinski definition) is 1. The van der Waals surface area contributed by atoms with Crippen LogP contribution in [0.15, 0.2) is 35.4 Å². The lowest BCUT2D eigenvalue weighted by atomic mass is 9.93. The molecule has 3 aromatic rings. The fourth-order valence-electron chi connectivity index (χ4n) is 5.13. The zero-order valence-corrected chi connectivity index (χ0v) is 18.2. The number of aromatic nitrogens is 4. The highest BCUT2D eigenvalue weighted by Gasteiger charge is 2.35. The Morgan fingerprint density at radius 1 is 1.09 bits per heavy atom. The molecule has 8 nitrogen and oxygen atoms in total. The molecule has 0 atom stereocenters. The molecule has 1 amide bonds. The van der Waals surface area contributed by atoms with Gasteiger partial charge in [0.1, 0.15) is 0 Å². The Morgan fingerprint density at radius 2 is 1.88 bits per heavy atom. The largest absolute Gasteiger partial charge is 0.337 e. The average Bonchev–Trinajstić information content (AvgIpc) is 3.59. The fraction of sp³-hybridized carbons (Fsp3) is 0.500. The molecule has 1 saturated carbocycles. The Kier molecular flexibility index (Phi) is 4.82. The third-order valence-corrected chi connectivity index (χ3v) is 7.20. The second kappa shape index (κ2) is 7.85. The van der Waals surface area contributed by atoms with E-state index in [4.69, 9.17) is 4.98 Å². The number of pyridine rings is 1. The van der Waals surface area contributed by atoms with Gasteiger partial charge < -0.3 is 4.90 Å². The van der Waals surface area contributed by atoms with Gasteiger partial charge in [0.15, 0.2) is 5.65 Å². The molecule has 3 aromatic heterocycles. The Hall–Kier alpha value is -3.00. The molecule has 8 heteroatoms. The van der Waals surface area contributed by atoms with E-state index in [0.29, 0.717) is 36.6 Å². The topological polar surface area (TPSA) is 86.6 Å². The lowest BCUT2D eigenvalue weighted by molar-refractivity contribution is -0.133. The number of nitrogens with zero attached hydrogens (tertiary/aromatic N) is 5. The molecule has 1 N–H and O–H groups in total. The maximum absolute atomic E-state index is 13.2. The van der Waals surface area contributed by atoms with Gasteiger partial charge in [-0.2, -0.15) is 0 Å². The van der Waals surface area contributed by atoms with Crippen LogP contribution >= 0.6 is 0 Å². The number of H-pyrrole nitrogens is 1. The van der Waals surface area contributed by atoms with Crippen LogP contribution in [-0.2, 0) is 24.3 Å². The van der Waals surface area contributed by atoms with Gasteiger partial charge in [-0.05, 0) is 56.5 Å². The quantitative estimate of drug-likeness (QED) is 0.682. The standard InChI is InChI=1S/C24H28N6O2/c31-23(18-1-2-18)29-12-7-20-19(15-29)24(32)30-22(26-20)13-21(27-30)17-5-10-28(11-6-17)14-16-3-8-25-9-4-16/h3-4,8-9,13,17-18,27H,1-2,5-7,10-12,14-15H2. The smallest absolute Gasteiger partial charge is 0.277 e. The van der Waals surface area contributed by atoms with Gasteiger partial charge in [0.25, 0.3) is 5.56 Å². The van der Waals surface area contributed by atoms with Crippen LogP contribution in [0.25, 0.3) is 5.65 Å². The lowest BCUT2D eigenvalue weighted by Gasteiger charge is -2.31. The van der Waals surface area contributed by atoms with Crippen molar-refractivity contribution in [3.8, 4) is 0 Å². The normalized spacial score (nSPS) is 19.9. The lowest BCUT2D eigenvalue weighted by Crippen LogP contribution is -2.40. The number of rotatable bonds is 4. The van der Waals surface area contributed by atoms with Crippen LogP contribution in [0.1, 0.15) is 54.1 Å². The summed E-state index contributed by atoms with van der Waals surface area (Å²) in [6, 6.07) is 6.19. The number of likely N-dealkylation sites (tertiary alicyclic amines) is 1. The van der Waals surface area contributed by atoms with Crippen LogP contribution in [0.5, 0.6) is 0 Å². The zero-order chi connectivity index (χ0) is 21.7. The van der Waals surface area contributed by atoms with Crippen LogP contribution < -0.4 is 5.56 Å². The van der Waals surface area contributed by atoms with Crippen molar-refractivity contribution >= 4 is 11.6 Å². The zero-order valence-electron chi connectivity index (χ0n) is 18.2. The number of piperidine rings is 1. The summed E-state index contributed by atoms with van der Waals surface area (Å²) in [5.41, 5.74) is 4.55. The van der Waals surface area contributed by atoms with Gasteiger partial charge in [-0.1, -0.05) is 0 Å². The van der Waals surface area contributed by atoms with Gasteiger partial charge in [0, 0.05) is 55.5 Å². The van der Waals surface area contributed by atoms with Crippen LogP contribution in [0.3, 0.4) is 0 Å². The van der Waals surface area contributed by atoms with Crippen molar-refractivity contribution in [3.05, 3.63) is 63.5 Å². The maximum Gasteiger partial charge on any atom is 0.277 e. The van der Waals surface area contributed by atoms with Crippen molar-refractivity contribution in [3.63, 3.8) is 0 Å². The van der Waals surface area contributed by atoms with E-state index < -0.39 is 0 Å². The van der Waals surface area contributed by atoms with Crippen LogP contribution in [0, 0.1) is 5.92 Å². The van der Waals surface area contributed by atoms with Crippen molar-refractivity contribution in [1.82, 2.24) is 29.4 Å². The van der Waals surface area contributed by atoms with E-state index in [1.165, 1.54) is 5.56 Å². The third kappa shape index (κ3) is 3.62. The Morgan fingerprint density at radius 3 is 2.62 bits per heavy atom. The van der Waals surface area contributed by atoms with Crippen molar-refractivity contribution in [2.75, 3.05) is 19.6 Å². The van der Waals surface area contributed by atoms with Crippen molar-refractivity contribution < 1.29 is 4.79 Å². The van der Waals surface area contributed by atoms with Crippen LogP contribution in [0.2, 0.25) is 0 Å². The summed E-state index contributed by atoms with van der Waals surface area (Å²) in [5, 5.41) is 3.34. The second-order valence-corrected chi connectivity index (χ2v) is 9.44. The van der Waals surface area contributed by atoms with Gasteiger partial charge in [0.2, 0.25) is 5.91 Å². The summed E-state index contributed by atoms with van der Waals surface area (Å²) in [6.45, 7) is 4.06. The molecule has 1 aliphatic carbocycles. The second-order valence-electron chi connectivity index (χ2n) is 9.44. The molecule has 0 aromatic carbocycles. The minimum atomic E-state index is -0.0559. The summed E-state index contributed by atoms with van der Waals surface area (Å²) in [6.07, 6.45) is 8.43. The maximum atomic E-state index is 13.2. The van der Waals surface area contributed by atoms with Crippen molar-refractivity contribution in [2.24, 2.45) is 5.92 Å². The summed E-state index contributed by atoms with van der Waals surface area (Å²) in [4.78, 5) is 38.9. The molecule has 3 aliphatic rings.